The van der Waals surface area contributed by atoms with E-state index in [-0.39, 0.29) is 17.0 Å². The lowest BCUT2D eigenvalue weighted by molar-refractivity contribution is 0.386. The summed E-state index contributed by atoms with van der Waals surface area (Å²) in [5, 5.41) is 8.85. The van der Waals surface area contributed by atoms with Crippen LogP contribution >= 0.6 is 33.6 Å². The number of nitrogens with zero attached hydrogens (tertiary/aromatic N) is 1. The summed E-state index contributed by atoms with van der Waals surface area (Å²) in [6, 6.07) is 13.1. The Labute approximate surface area is 193 Å². The number of hydrogen-bond acceptors (Lipinski definition) is 4. The van der Waals surface area contributed by atoms with Gasteiger partial charge in [0.15, 0.2) is 11.6 Å². The van der Waals surface area contributed by atoms with Crippen LogP contribution in [0.2, 0.25) is 0 Å². The molecule has 0 aliphatic heterocycles. The molecule has 3 atom stereocenters. The van der Waals surface area contributed by atoms with Crippen LogP contribution in [-0.2, 0) is 0 Å². The lowest BCUT2D eigenvalue weighted by Gasteiger charge is -2.15. The summed E-state index contributed by atoms with van der Waals surface area (Å²) in [7, 11) is 1.06. The molecule has 0 radical (unpaired) electrons. The Kier molecular flexibility index (Phi) is 6.72. The predicted molar refractivity (Wildman–Crippen MR) is 132 cm³/mol. The molecule has 31 heavy (non-hydrogen) atoms. The SMILES string of the molecule is C/C=S(/N)c1ccc(-c2sc(C3C=CC=CC3Cl)nc2-c2ccc(OC)c(F)c2)cc1. The van der Waals surface area contributed by atoms with E-state index in [1.165, 1.54) is 13.2 Å². The second-order valence-corrected chi connectivity index (χ2v) is 10.2. The molecular formula is C24H22ClFN2OS2. The van der Waals surface area contributed by atoms with Crippen LogP contribution in [0.4, 0.5) is 4.39 Å². The fourth-order valence-corrected chi connectivity index (χ4v) is 5.69. The van der Waals surface area contributed by atoms with Crippen molar-refractivity contribution in [1.29, 1.82) is 0 Å². The minimum atomic E-state index is -0.419. The van der Waals surface area contributed by atoms with Gasteiger partial charge in [-0.15, -0.1) is 22.9 Å². The van der Waals surface area contributed by atoms with Gasteiger partial charge in [0.25, 0.3) is 0 Å². The number of thiazole rings is 1. The molecular weight excluding hydrogens is 451 g/mol. The number of halogens is 2. The fraction of sp³-hybridized carbons (Fsp3) is 0.167. The predicted octanol–water partition coefficient (Wildman–Crippen LogP) is 6.77. The first-order valence-electron chi connectivity index (χ1n) is 9.73. The van der Waals surface area contributed by atoms with Crippen molar-refractivity contribution in [3.63, 3.8) is 0 Å². The number of allylic oxidation sites excluding steroid dienone is 4. The number of methoxy groups -OCH3 is 1. The molecule has 1 heterocycles. The normalized spacial score (nSPS) is 19.0. The molecule has 0 amide bonds. The van der Waals surface area contributed by atoms with Gasteiger partial charge in [0, 0.05) is 16.4 Å². The van der Waals surface area contributed by atoms with Crippen LogP contribution in [0.15, 0.2) is 71.7 Å². The van der Waals surface area contributed by atoms with Gasteiger partial charge in [-0.05, 0) is 48.2 Å². The highest BCUT2D eigenvalue weighted by Gasteiger charge is 2.25. The Hall–Kier alpha value is -2.25. The standard InChI is InChI=1S/C24H22ClFN2OS2/c1-3-31(27)17-11-8-15(9-12-17)23-22(16-10-13-21(29-2)20(26)14-16)28-24(30-23)18-6-4-5-7-19(18)25/h3-14,18-19H,27H2,1-2H3. The molecule has 3 aromatic rings. The number of hydrogen-bond donors (Lipinski definition) is 1. The monoisotopic (exact) mass is 472 g/mol. The van der Waals surface area contributed by atoms with Crippen molar-refractivity contribution in [2.24, 2.45) is 5.14 Å². The van der Waals surface area contributed by atoms with Gasteiger partial charge in [0.2, 0.25) is 0 Å². The number of rotatable bonds is 5. The van der Waals surface area contributed by atoms with Crippen LogP contribution in [-0.4, -0.2) is 22.8 Å². The van der Waals surface area contributed by atoms with Gasteiger partial charge in [-0.1, -0.05) is 47.1 Å². The molecule has 3 unspecified atom stereocenters. The fourth-order valence-electron chi connectivity index (χ4n) is 3.38. The lowest BCUT2D eigenvalue weighted by atomic mass is 10.0. The Morgan fingerprint density at radius 3 is 2.48 bits per heavy atom. The molecule has 1 aliphatic carbocycles. The quantitative estimate of drug-likeness (QED) is 0.329. The summed E-state index contributed by atoms with van der Waals surface area (Å²) < 4.78 is 19.5. The smallest absolute Gasteiger partial charge is 0.165 e. The molecule has 0 saturated heterocycles. The van der Waals surface area contributed by atoms with Crippen LogP contribution < -0.4 is 9.88 Å². The molecule has 0 spiro atoms. The maximum absolute atomic E-state index is 14.5. The van der Waals surface area contributed by atoms with Gasteiger partial charge in [-0.3, -0.25) is 5.14 Å². The molecule has 160 valence electrons. The second kappa shape index (κ2) is 9.49. The first kappa shape index (κ1) is 22.0. The minimum Gasteiger partial charge on any atom is -0.494 e. The maximum atomic E-state index is 14.5. The van der Waals surface area contributed by atoms with Crippen molar-refractivity contribution < 1.29 is 9.13 Å². The van der Waals surface area contributed by atoms with Crippen LogP contribution in [0.1, 0.15) is 17.8 Å². The van der Waals surface area contributed by atoms with Crippen LogP contribution in [0, 0.1) is 5.82 Å². The third-order valence-corrected chi connectivity index (χ3v) is 8.01. The largest absolute Gasteiger partial charge is 0.494 e. The van der Waals surface area contributed by atoms with E-state index < -0.39 is 16.5 Å². The third-order valence-electron chi connectivity index (χ3n) is 5.06. The van der Waals surface area contributed by atoms with Gasteiger partial charge in [-0.2, -0.15) is 0 Å². The first-order chi connectivity index (χ1) is 15.0. The molecule has 1 aromatic heterocycles. The summed E-state index contributed by atoms with van der Waals surface area (Å²) in [4.78, 5) is 6.95. The third kappa shape index (κ3) is 4.53. The van der Waals surface area contributed by atoms with E-state index in [1.54, 1.807) is 17.4 Å². The van der Waals surface area contributed by atoms with E-state index >= 15 is 0 Å². The van der Waals surface area contributed by atoms with E-state index in [0.717, 1.165) is 26.0 Å². The minimum absolute atomic E-state index is 0.0314. The molecule has 2 aromatic carbocycles. The Morgan fingerprint density at radius 1 is 1.13 bits per heavy atom. The highest BCUT2D eigenvalue weighted by Crippen LogP contribution is 2.42. The van der Waals surface area contributed by atoms with E-state index in [0.29, 0.717) is 5.56 Å². The molecule has 0 fully saturated rings. The second-order valence-electron chi connectivity index (χ2n) is 6.95. The molecule has 7 heteroatoms. The summed E-state index contributed by atoms with van der Waals surface area (Å²) in [6.07, 6.45) is 7.93. The Bertz CT molecular complexity index is 1180. The summed E-state index contributed by atoms with van der Waals surface area (Å²) in [5.74, 6) is -0.245. The number of benzene rings is 2. The van der Waals surface area contributed by atoms with Crippen molar-refractivity contribution in [1.82, 2.24) is 4.98 Å². The van der Waals surface area contributed by atoms with Gasteiger partial charge in [0.1, 0.15) is 5.01 Å². The van der Waals surface area contributed by atoms with Crippen molar-refractivity contribution in [2.45, 2.75) is 23.1 Å². The summed E-state index contributed by atoms with van der Waals surface area (Å²) >= 11 is 8.13. The van der Waals surface area contributed by atoms with E-state index in [2.05, 4.69) is 6.08 Å². The maximum Gasteiger partial charge on any atom is 0.165 e. The van der Waals surface area contributed by atoms with Gasteiger partial charge in [0.05, 0.1) is 23.1 Å². The van der Waals surface area contributed by atoms with Crippen LogP contribution in [0.5, 0.6) is 5.75 Å². The van der Waals surface area contributed by atoms with Crippen molar-refractivity contribution in [2.75, 3.05) is 7.11 Å². The number of alkyl halides is 1. The van der Waals surface area contributed by atoms with Crippen molar-refractivity contribution >= 4 is 39.0 Å². The average Bonchev–Trinajstić information content (AvgIpc) is 3.24. The average molecular weight is 473 g/mol. The molecule has 1 aliphatic rings. The molecule has 0 bridgehead atoms. The van der Waals surface area contributed by atoms with Crippen molar-refractivity contribution in [3.8, 4) is 27.4 Å². The first-order valence-corrected chi connectivity index (χ1v) is 12.3. The van der Waals surface area contributed by atoms with E-state index in [1.807, 2.05) is 60.9 Å². The zero-order valence-electron chi connectivity index (χ0n) is 17.1. The molecule has 3 nitrogen and oxygen atoms in total. The Morgan fingerprint density at radius 2 is 1.84 bits per heavy atom. The highest BCUT2D eigenvalue weighted by molar-refractivity contribution is 8.13. The topological polar surface area (TPSA) is 48.1 Å². The number of nitrogens with two attached hydrogens (primary N) is 1. The summed E-state index contributed by atoms with van der Waals surface area (Å²) in [6.45, 7) is 1.96. The van der Waals surface area contributed by atoms with Gasteiger partial charge in [-0.25, -0.2) is 9.37 Å². The van der Waals surface area contributed by atoms with Gasteiger partial charge >= 0.3 is 0 Å². The Balaban J connectivity index is 1.83. The molecule has 2 N–H and O–H groups in total. The zero-order chi connectivity index (χ0) is 22.0. The zero-order valence-corrected chi connectivity index (χ0v) is 19.5. The van der Waals surface area contributed by atoms with Crippen LogP contribution in [0.25, 0.3) is 21.7 Å². The highest BCUT2D eigenvalue weighted by atomic mass is 35.5. The van der Waals surface area contributed by atoms with Crippen molar-refractivity contribution in [3.05, 3.63) is 77.6 Å². The lowest BCUT2D eigenvalue weighted by Crippen LogP contribution is -2.09. The number of aromatic nitrogens is 1. The van der Waals surface area contributed by atoms with E-state index in [4.69, 9.17) is 26.5 Å². The summed E-state index contributed by atoms with van der Waals surface area (Å²) in [5.41, 5.74) is 2.44. The van der Waals surface area contributed by atoms with Gasteiger partial charge < -0.3 is 4.74 Å². The van der Waals surface area contributed by atoms with E-state index in [9.17, 15) is 4.39 Å². The molecule has 0 saturated carbocycles. The number of ether oxygens (including phenoxy) is 1. The molecule has 4 rings (SSSR count). The van der Waals surface area contributed by atoms with Crippen LogP contribution in [0.3, 0.4) is 0 Å².